The van der Waals surface area contributed by atoms with E-state index in [9.17, 15) is 0 Å². The quantitative estimate of drug-likeness (QED) is 0.920. The first-order valence-electron chi connectivity index (χ1n) is 6.01. The van der Waals surface area contributed by atoms with E-state index >= 15 is 0 Å². The fourth-order valence-electron chi connectivity index (χ4n) is 1.93. The first-order valence-corrected chi connectivity index (χ1v) is 6.89. The zero-order valence-corrected chi connectivity index (χ0v) is 11.9. The lowest BCUT2D eigenvalue weighted by Gasteiger charge is -2.20. The van der Waals surface area contributed by atoms with Crippen LogP contribution in [0.15, 0.2) is 23.7 Å². The van der Waals surface area contributed by atoms with Crippen LogP contribution in [0.3, 0.4) is 0 Å². The van der Waals surface area contributed by atoms with Crippen molar-refractivity contribution in [2.75, 3.05) is 11.9 Å². The van der Waals surface area contributed by atoms with Crippen LogP contribution in [0.2, 0.25) is 0 Å². The average Bonchev–Trinajstić information content (AvgIpc) is 2.75. The van der Waals surface area contributed by atoms with Gasteiger partial charge in [-0.15, -0.1) is 11.3 Å². The molecule has 0 radical (unpaired) electrons. The lowest BCUT2D eigenvalue weighted by atomic mass is 10.1. The van der Waals surface area contributed by atoms with Gasteiger partial charge in [-0.2, -0.15) is 0 Å². The lowest BCUT2D eigenvalue weighted by Crippen LogP contribution is -2.16. The van der Waals surface area contributed by atoms with Crippen molar-refractivity contribution in [2.45, 2.75) is 26.9 Å². The third-order valence-corrected chi connectivity index (χ3v) is 4.13. The Morgan fingerprint density at radius 1 is 1.33 bits per heavy atom. The molecule has 18 heavy (non-hydrogen) atoms. The third kappa shape index (κ3) is 2.71. The molecular formula is C14H19N3S. The monoisotopic (exact) mass is 261 g/mol. The summed E-state index contributed by atoms with van der Waals surface area (Å²) in [4.78, 5) is 7.85. The van der Waals surface area contributed by atoms with Crippen LogP contribution in [0, 0.1) is 13.8 Å². The number of thiazole rings is 1. The Bertz CT molecular complexity index is 534. The van der Waals surface area contributed by atoms with Crippen LogP contribution in [0.1, 0.15) is 21.7 Å². The molecule has 1 heterocycles. The Morgan fingerprint density at radius 2 is 2.11 bits per heavy atom. The van der Waals surface area contributed by atoms with Crippen LogP contribution >= 0.6 is 11.3 Å². The number of aryl methyl sites for hydroxylation is 2. The van der Waals surface area contributed by atoms with Crippen molar-refractivity contribution in [2.24, 2.45) is 5.73 Å². The number of nitrogens with zero attached hydrogens (tertiary/aromatic N) is 2. The molecule has 4 heteroatoms. The summed E-state index contributed by atoms with van der Waals surface area (Å²) < 4.78 is 0. The fourth-order valence-corrected chi connectivity index (χ4v) is 2.76. The van der Waals surface area contributed by atoms with Gasteiger partial charge >= 0.3 is 0 Å². The average molecular weight is 261 g/mol. The Hall–Kier alpha value is -1.39. The summed E-state index contributed by atoms with van der Waals surface area (Å²) in [6, 6.07) is 6.44. The number of anilines is 1. The number of benzene rings is 1. The predicted octanol–water partition coefficient (Wildman–Crippen LogP) is 2.86. The summed E-state index contributed by atoms with van der Waals surface area (Å²) in [6.45, 7) is 5.67. The topological polar surface area (TPSA) is 42.2 Å². The minimum Gasteiger partial charge on any atom is -0.369 e. The molecule has 1 aromatic carbocycles. The minimum atomic E-state index is 0.601. The maximum absolute atomic E-state index is 5.69. The van der Waals surface area contributed by atoms with Gasteiger partial charge in [0.15, 0.2) is 0 Å². The molecule has 0 amide bonds. The van der Waals surface area contributed by atoms with Gasteiger partial charge in [0, 0.05) is 24.2 Å². The second kappa shape index (κ2) is 5.50. The van der Waals surface area contributed by atoms with E-state index in [-0.39, 0.29) is 0 Å². The summed E-state index contributed by atoms with van der Waals surface area (Å²) in [5.74, 6) is 0. The molecule has 0 fully saturated rings. The largest absolute Gasteiger partial charge is 0.369 e. The van der Waals surface area contributed by atoms with Crippen molar-refractivity contribution in [3.05, 3.63) is 45.4 Å². The first kappa shape index (κ1) is 13.1. The Morgan fingerprint density at radius 3 is 2.67 bits per heavy atom. The number of rotatable bonds is 4. The lowest BCUT2D eigenvalue weighted by molar-refractivity contribution is 0.922. The molecule has 0 bridgehead atoms. The Labute approximate surface area is 112 Å². The maximum Gasteiger partial charge on any atom is 0.0798 e. The smallest absolute Gasteiger partial charge is 0.0798 e. The van der Waals surface area contributed by atoms with E-state index in [2.05, 4.69) is 49.0 Å². The molecule has 0 unspecified atom stereocenters. The van der Waals surface area contributed by atoms with Gasteiger partial charge < -0.3 is 10.6 Å². The van der Waals surface area contributed by atoms with Gasteiger partial charge in [-0.05, 0) is 37.1 Å². The summed E-state index contributed by atoms with van der Waals surface area (Å²) in [7, 11) is 2.11. The second-order valence-corrected chi connectivity index (χ2v) is 5.47. The van der Waals surface area contributed by atoms with Gasteiger partial charge in [0.05, 0.1) is 17.7 Å². The van der Waals surface area contributed by atoms with Crippen LogP contribution in [0.25, 0.3) is 0 Å². The van der Waals surface area contributed by atoms with Gasteiger partial charge in [0.25, 0.3) is 0 Å². The maximum atomic E-state index is 5.69. The SMILES string of the molecule is Cc1cc(N(C)Cc2scnc2C)ccc1CN. The molecule has 0 saturated carbocycles. The van der Waals surface area contributed by atoms with Gasteiger partial charge in [0.1, 0.15) is 0 Å². The van der Waals surface area contributed by atoms with Crippen LogP contribution in [0.5, 0.6) is 0 Å². The number of nitrogens with two attached hydrogens (primary N) is 1. The van der Waals surface area contributed by atoms with Crippen molar-refractivity contribution in [1.29, 1.82) is 0 Å². The van der Waals surface area contributed by atoms with Gasteiger partial charge in [-0.25, -0.2) is 4.98 Å². The summed E-state index contributed by atoms with van der Waals surface area (Å²) in [5, 5.41) is 0. The fraction of sp³-hybridized carbons (Fsp3) is 0.357. The highest BCUT2D eigenvalue weighted by atomic mass is 32.1. The minimum absolute atomic E-state index is 0.601. The van der Waals surface area contributed by atoms with Crippen LogP contribution in [-0.2, 0) is 13.1 Å². The van der Waals surface area contributed by atoms with Crippen molar-refractivity contribution in [3.8, 4) is 0 Å². The molecule has 0 spiro atoms. The molecule has 1 aromatic heterocycles. The van der Waals surface area contributed by atoms with E-state index < -0.39 is 0 Å². The Kier molecular flexibility index (Phi) is 3.99. The number of aromatic nitrogens is 1. The van der Waals surface area contributed by atoms with Crippen LogP contribution in [0.4, 0.5) is 5.69 Å². The first-order chi connectivity index (χ1) is 8.61. The Balaban J connectivity index is 2.16. The molecule has 2 rings (SSSR count). The van der Waals surface area contributed by atoms with Crippen molar-refractivity contribution >= 4 is 17.0 Å². The second-order valence-electron chi connectivity index (χ2n) is 4.53. The highest BCUT2D eigenvalue weighted by molar-refractivity contribution is 7.09. The highest BCUT2D eigenvalue weighted by Gasteiger charge is 2.07. The predicted molar refractivity (Wildman–Crippen MR) is 78.0 cm³/mol. The van der Waals surface area contributed by atoms with Gasteiger partial charge in [-0.3, -0.25) is 0 Å². The van der Waals surface area contributed by atoms with Gasteiger partial charge in [-0.1, -0.05) is 6.07 Å². The zero-order chi connectivity index (χ0) is 13.1. The zero-order valence-electron chi connectivity index (χ0n) is 11.1. The molecule has 2 N–H and O–H groups in total. The molecule has 0 aliphatic carbocycles. The summed E-state index contributed by atoms with van der Waals surface area (Å²) >= 11 is 1.71. The van der Waals surface area contributed by atoms with E-state index in [0.717, 1.165) is 12.2 Å². The van der Waals surface area contributed by atoms with Crippen molar-refractivity contribution in [1.82, 2.24) is 4.98 Å². The molecule has 0 atom stereocenters. The standard InChI is InChI=1S/C14H19N3S/c1-10-6-13(5-4-12(10)7-15)17(3)8-14-11(2)16-9-18-14/h4-6,9H,7-8,15H2,1-3H3. The normalized spacial score (nSPS) is 10.7. The molecule has 0 saturated heterocycles. The van der Waals surface area contributed by atoms with E-state index in [0.29, 0.717) is 6.54 Å². The van der Waals surface area contributed by atoms with E-state index in [1.807, 2.05) is 5.51 Å². The van der Waals surface area contributed by atoms with E-state index in [1.165, 1.54) is 21.7 Å². The third-order valence-electron chi connectivity index (χ3n) is 3.21. The van der Waals surface area contributed by atoms with E-state index in [1.54, 1.807) is 11.3 Å². The summed E-state index contributed by atoms with van der Waals surface area (Å²) in [6.07, 6.45) is 0. The van der Waals surface area contributed by atoms with Gasteiger partial charge in [0.2, 0.25) is 0 Å². The van der Waals surface area contributed by atoms with Crippen molar-refractivity contribution in [3.63, 3.8) is 0 Å². The molecular weight excluding hydrogens is 242 g/mol. The van der Waals surface area contributed by atoms with E-state index in [4.69, 9.17) is 5.73 Å². The highest BCUT2D eigenvalue weighted by Crippen LogP contribution is 2.22. The summed E-state index contributed by atoms with van der Waals surface area (Å²) in [5.41, 5.74) is 12.4. The van der Waals surface area contributed by atoms with Crippen molar-refractivity contribution < 1.29 is 0 Å². The molecule has 0 aliphatic rings. The van der Waals surface area contributed by atoms with Crippen LogP contribution < -0.4 is 10.6 Å². The molecule has 96 valence electrons. The molecule has 3 nitrogen and oxygen atoms in total. The molecule has 0 aliphatic heterocycles. The number of hydrogen-bond donors (Lipinski definition) is 1. The van der Waals surface area contributed by atoms with Crippen LogP contribution in [-0.4, -0.2) is 12.0 Å². The number of hydrogen-bond acceptors (Lipinski definition) is 4. The molecule has 2 aromatic rings.